The topological polar surface area (TPSA) is 93.1 Å². The lowest BCUT2D eigenvalue weighted by molar-refractivity contribution is -0.173. The molecular formula is C14H26O6. The number of aliphatic hydroxyl groups excluding tert-OH is 2. The maximum Gasteiger partial charge on any atom is 0.338 e. The van der Waals surface area contributed by atoms with Gasteiger partial charge in [-0.1, -0.05) is 39.5 Å². The van der Waals surface area contributed by atoms with Gasteiger partial charge < -0.3 is 19.7 Å². The minimum Gasteiger partial charge on any atom is -0.464 e. The summed E-state index contributed by atoms with van der Waals surface area (Å²) in [4.78, 5) is 22.8. The van der Waals surface area contributed by atoms with Crippen LogP contribution in [0.1, 0.15) is 52.4 Å². The lowest BCUT2D eigenvalue weighted by atomic mass is 10.2. The zero-order valence-electron chi connectivity index (χ0n) is 12.3. The molecule has 0 spiro atoms. The molecule has 20 heavy (non-hydrogen) atoms. The molecule has 2 unspecified atom stereocenters. The van der Waals surface area contributed by atoms with Crippen molar-refractivity contribution in [2.24, 2.45) is 0 Å². The first-order chi connectivity index (χ1) is 9.54. The molecule has 0 aliphatic carbocycles. The average Bonchev–Trinajstić information content (AvgIpc) is 2.46. The van der Waals surface area contributed by atoms with Gasteiger partial charge in [0.05, 0.1) is 13.2 Å². The molecule has 0 aromatic carbocycles. The summed E-state index contributed by atoms with van der Waals surface area (Å²) in [5, 5.41) is 19.0. The van der Waals surface area contributed by atoms with Gasteiger partial charge in [-0.05, 0) is 12.8 Å². The van der Waals surface area contributed by atoms with Crippen molar-refractivity contribution < 1.29 is 29.3 Å². The lowest BCUT2D eigenvalue weighted by Gasteiger charge is -2.15. The molecular weight excluding hydrogens is 264 g/mol. The number of hydrogen-bond acceptors (Lipinski definition) is 6. The van der Waals surface area contributed by atoms with E-state index in [1.54, 1.807) is 0 Å². The van der Waals surface area contributed by atoms with E-state index < -0.39 is 24.1 Å². The summed E-state index contributed by atoms with van der Waals surface area (Å²) in [7, 11) is 0. The number of ether oxygens (including phenoxy) is 2. The summed E-state index contributed by atoms with van der Waals surface area (Å²) in [5.41, 5.74) is 0. The largest absolute Gasteiger partial charge is 0.464 e. The van der Waals surface area contributed by atoms with Crippen LogP contribution in [0, 0.1) is 0 Å². The maximum absolute atomic E-state index is 11.4. The first kappa shape index (κ1) is 18.9. The van der Waals surface area contributed by atoms with Crippen LogP contribution in [0.15, 0.2) is 0 Å². The van der Waals surface area contributed by atoms with Crippen LogP contribution in [-0.2, 0) is 19.1 Å². The molecule has 0 radical (unpaired) electrons. The minimum atomic E-state index is -1.89. The normalized spacial score (nSPS) is 13.6. The minimum absolute atomic E-state index is 0.169. The van der Waals surface area contributed by atoms with Gasteiger partial charge in [0.25, 0.3) is 0 Å². The van der Waals surface area contributed by atoms with Gasteiger partial charge in [-0.2, -0.15) is 0 Å². The number of carbonyl (C=O) groups is 2. The Morgan fingerprint density at radius 1 is 0.800 bits per heavy atom. The van der Waals surface area contributed by atoms with Gasteiger partial charge in [0, 0.05) is 0 Å². The molecule has 0 heterocycles. The molecule has 2 atom stereocenters. The molecule has 0 fully saturated rings. The van der Waals surface area contributed by atoms with Crippen molar-refractivity contribution in [1.29, 1.82) is 0 Å². The Kier molecular flexibility index (Phi) is 11.0. The highest BCUT2D eigenvalue weighted by atomic mass is 16.6. The Morgan fingerprint density at radius 3 is 1.45 bits per heavy atom. The highest BCUT2D eigenvalue weighted by molar-refractivity contribution is 5.85. The molecule has 0 bridgehead atoms. The molecule has 0 rings (SSSR count). The third kappa shape index (κ3) is 8.12. The van der Waals surface area contributed by atoms with Crippen molar-refractivity contribution in [1.82, 2.24) is 0 Å². The lowest BCUT2D eigenvalue weighted by Crippen LogP contribution is -2.41. The standard InChI is InChI=1S/C14H26O6/c1-3-5-7-9-19-13(17)11(15)12(16)14(18)20-10-8-6-4-2/h11-12,15-16H,3-10H2,1-2H3. The summed E-state index contributed by atoms with van der Waals surface area (Å²) in [5.74, 6) is -2.00. The van der Waals surface area contributed by atoms with Gasteiger partial charge in [-0.15, -0.1) is 0 Å². The second kappa shape index (κ2) is 11.7. The molecule has 0 aliphatic heterocycles. The van der Waals surface area contributed by atoms with Gasteiger partial charge >= 0.3 is 11.9 Å². The first-order valence-electron chi connectivity index (χ1n) is 7.24. The van der Waals surface area contributed by atoms with Crippen LogP contribution in [0.3, 0.4) is 0 Å². The van der Waals surface area contributed by atoms with Gasteiger partial charge in [0.1, 0.15) is 0 Å². The average molecular weight is 290 g/mol. The number of carbonyl (C=O) groups excluding carboxylic acids is 2. The van der Waals surface area contributed by atoms with Crippen molar-refractivity contribution in [3.05, 3.63) is 0 Å². The van der Waals surface area contributed by atoms with E-state index in [0.717, 1.165) is 25.7 Å². The Bertz CT molecular complexity index is 251. The zero-order valence-corrected chi connectivity index (χ0v) is 12.3. The fourth-order valence-electron chi connectivity index (χ4n) is 1.48. The van der Waals surface area contributed by atoms with Crippen LogP contribution in [0.4, 0.5) is 0 Å². The number of rotatable bonds is 11. The SMILES string of the molecule is CCCCCOC(=O)C(O)C(O)C(=O)OCCCCC. The van der Waals surface area contributed by atoms with Crippen LogP contribution >= 0.6 is 0 Å². The fourth-order valence-corrected chi connectivity index (χ4v) is 1.48. The molecule has 0 amide bonds. The Labute approximate surface area is 120 Å². The first-order valence-corrected chi connectivity index (χ1v) is 7.24. The summed E-state index contributed by atoms with van der Waals surface area (Å²) >= 11 is 0. The summed E-state index contributed by atoms with van der Waals surface area (Å²) in [6, 6.07) is 0. The van der Waals surface area contributed by atoms with E-state index in [9.17, 15) is 19.8 Å². The maximum atomic E-state index is 11.4. The molecule has 0 saturated carbocycles. The zero-order chi connectivity index (χ0) is 15.4. The number of unbranched alkanes of at least 4 members (excludes halogenated alkanes) is 4. The van der Waals surface area contributed by atoms with Gasteiger partial charge in [0.15, 0.2) is 12.2 Å². The quantitative estimate of drug-likeness (QED) is 0.438. The molecule has 0 saturated heterocycles. The second-order valence-electron chi connectivity index (χ2n) is 4.64. The van der Waals surface area contributed by atoms with Gasteiger partial charge in [0.2, 0.25) is 0 Å². The van der Waals surface area contributed by atoms with Crippen molar-refractivity contribution in [2.75, 3.05) is 13.2 Å². The Hall–Kier alpha value is -1.14. The van der Waals surface area contributed by atoms with Crippen LogP contribution in [0.25, 0.3) is 0 Å². The summed E-state index contributed by atoms with van der Waals surface area (Å²) in [6.45, 7) is 4.36. The number of hydrogen-bond donors (Lipinski definition) is 2. The molecule has 0 aliphatic rings. The van der Waals surface area contributed by atoms with Crippen molar-refractivity contribution in [3.63, 3.8) is 0 Å². The van der Waals surface area contributed by atoms with Crippen LogP contribution < -0.4 is 0 Å². The predicted molar refractivity (Wildman–Crippen MR) is 73.0 cm³/mol. The van der Waals surface area contributed by atoms with E-state index in [4.69, 9.17) is 9.47 Å². The summed E-state index contributed by atoms with van der Waals surface area (Å²) in [6.07, 6.45) is 1.36. The molecule has 2 N–H and O–H groups in total. The van der Waals surface area contributed by atoms with Crippen molar-refractivity contribution >= 4 is 11.9 Å². The fraction of sp³-hybridized carbons (Fsp3) is 0.857. The monoisotopic (exact) mass is 290 g/mol. The van der Waals surface area contributed by atoms with E-state index in [1.165, 1.54) is 0 Å². The number of esters is 2. The third-order valence-corrected chi connectivity index (χ3v) is 2.77. The Balaban J connectivity index is 3.95. The van der Waals surface area contributed by atoms with Gasteiger partial charge in [-0.25, -0.2) is 9.59 Å². The van der Waals surface area contributed by atoms with Crippen molar-refractivity contribution in [2.45, 2.75) is 64.6 Å². The van der Waals surface area contributed by atoms with Crippen LogP contribution in [-0.4, -0.2) is 47.6 Å². The Morgan fingerprint density at radius 2 is 1.15 bits per heavy atom. The van der Waals surface area contributed by atoms with E-state index in [1.807, 2.05) is 13.8 Å². The number of aliphatic hydroxyl groups is 2. The molecule has 118 valence electrons. The summed E-state index contributed by atoms with van der Waals surface area (Å²) < 4.78 is 9.53. The molecule has 0 aromatic heterocycles. The van der Waals surface area contributed by atoms with E-state index in [0.29, 0.717) is 12.8 Å². The highest BCUT2D eigenvalue weighted by Gasteiger charge is 2.32. The van der Waals surface area contributed by atoms with Gasteiger partial charge in [-0.3, -0.25) is 0 Å². The molecule has 0 aromatic rings. The van der Waals surface area contributed by atoms with E-state index in [-0.39, 0.29) is 13.2 Å². The van der Waals surface area contributed by atoms with Crippen molar-refractivity contribution in [3.8, 4) is 0 Å². The van der Waals surface area contributed by atoms with Crippen LogP contribution in [0.2, 0.25) is 0 Å². The predicted octanol–water partition coefficient (Wildman–Crippen LogP) is 1.17. The molecule has 6 heteroatoms. The van der Waals surface area contributed by atoms with Crippen LogP contribution in [0.5, 0.6) is 0 Å². The third-order valence-electron chi connectivity index (χ3n) is 2.77. The van der Waals surface area contributed by atoms with E-state index >= 15 is 0 Å². The van der Waals surface area contributed by atoms with E-state index in [2.05, 4.69) is 0 Å². The second-order valence-corrected chi connectivity index (χ2v) is 4.64. The molecule has 6 nitrogen and oxygen atoms in total. The highest BCUT2D eigenvalue weighted by Crippen LogP contribution is 2.03. The smallest absolute Gasteiger partial charge is 0.338 e.